The first-order valence-electron chi connectivity index (χ1n) is 5.12. The lowest BCUT2D eigenvalue weighted by molar-refractivity contribution is -0.140. The molecule has 0 unspecified atom stereocenters. The van der Waals surface area contributed by atoms with Crippen molar-refractivity contribution < 1.29 is 19.0 Å². The molecular formula is C13H16O4. The molecule has 0 aliphatic carbocycles. The zero-order chi connectivity index (χ0) is 12.8. The van der Waals surface area contributed by atoms with E-state index in [0.717, 1.165) is 5.56 Å². The first kappa shape index (κ1) is 13.1. The summed E-state index contributed by atoms with van der Waals surface area (Å²) in [6.07, 6.45) is 0. The van der Waals surface area contributed by atoms with Crippen LogP contribution in [0.3, 0.4) is 0 Å². The average molecular weight is 236 g/mol. The molecule has 0 heterocycles. The third-order valence-electron chi connectivity index (χ3n) is 2.19. The molecule has 0 amide bonds. The third-order valence-corrected chi connectivity index (χ3v) is 2.19. The first-order chi connectivity index (χ1) is 8.08. The Morgan fingerprint density at radius 3 is 2.53 bits per heavy atom. The second kappa shape index (κ2) is 5.94. The molecule has 1 aromatic rings. The van der Waals surface area contributed by atoms with Crippen LogP contribution in [0.2, 0.25) is 0 Å². The lowest BCUT2D eigenvalue weighted by Crippen LogP contribution is -2.06. The molecule has 1 aromatic carbocycles. The molecule has 0 aromatic heterocycles. The Hall–Kier alpha value is -1.97. The average Bonchev–Trinajstić information content (AvgIpc) is 2.35. The van der Waals surface area contributed by atoms with Crippen LogP contribution in [-0.4, -0.2) is 20.2 Å². The van der Waals surface area contributed by atoms with E-state index in [2.05, 4.69) is 6.58 Å². The Labute approximate surface area is 101 Å². The van der Waals surface area contributed by atoms with Gasteiger partial charge in [0, 0.05) is 11.1 Å². The monoisotopic (exact) mass is 236 g/mol. The zero-order valence-electron chi connectivity index (χ0n) is 10.3. The van der Waals surface area contributed by atoms with E-state index in [-0.39, 0.29) is 6.61 Å². The number of rotatable bonds is 5. The van der Waals surface area contributed by atoms with Crippen molar-refractivity contribution in [2.45, 2.75) is 13.5 Å². The van der Waals surface area contributed by atoms with Gasteiger partial charge in [-0.15, -0.1) is 0 Å². The van der Waals surface area contributed by atoms with Crippen LogP contribution in [-0.2, 0) is 16.1 Å². The Morgan fingerprint density at radius 2 is 2.00 bits per heavy atom. The number of carbonyl (C=O) groups is 1. The van der Waals surface area contributed by atoms with Gasteiger partial charge in [-0.2, -0.15) is 0 Å². The summed E-state index contributed by atoms with van der Waals surface area (Å²) in [6, 6.07) is 5.32. The molecule has 0 bridgehead atoms. The Balaban J connectivity index is 2.81. The maximum absolute atomic E-state index is 11.3. The van der Waals surface area contributed by atoms with Gasteiger partial charge in [-0.05, 0) is 25.1 Å². The van der Waals surface area contributed by atoms with E-state index >= 15 is 0 Å². The minimum absolute atomic E-state index is 0.131. The maximum atomic E-state index is 11.3. The predicted molar refractivity (Wildman–Crippen MR) is 64.2 cm³/mol. The molecule has 0 saturated carbocycles. The van der Waals surface area contributed by atoms with Gasteiger partial charge in [0.05, 0.1) is 14.2 Å². The summed E-state index contributed by atoms with van der Waals surface area (Å²) in [4.78, 5) is 11.3. The minimum Gasteiger partial charge on any atom is -0.497 e. The quantitative estimate of drug-likeness (QED) is 0.581. The Morgan fingerprint density at radius 1 is 1.29 bits per heavy atom. The molecule has 17 heavy (non-hydrogen) atoms. The SMILES string of the molecule is C=C(C)C(=O)OCc1cc(OC)ccc1OC. The Bertz CT molecular complexity index is 423. The van der Waals surface area contributed by atoms with Crippen LogP contribution in [0.25, 0.3) is 0 Å². The second-order valence-electron chi connectivity index (χ2n) is 3.53. The molecule has 92 valence electrons. The summed E-state index contributed by atoms with van der Waals surface area (Å²) in [6.45, 7) is 5.25. The van der Waals surface area contributed by atoms with Crippen LogP contribution in [0, 0.1) is 0 Å². The predicted octanol–water partition coefficient (Wildman–Crippen LogP) is 2.32. The van der Waals surface area contributed by atoms with E-state index in [9.17, 15) is 4.79 Å². The van der Waals surface area contributed by atoms with Crippen molar-refractivity contribution in [2.75, 3.05) is 14.2 Å². The fourth-order valence-corrected chi connectivity index (χ4v) is 1.26. The van der Waals surface area contributed by atoms with E-state index < -0.39 is 5.97 Å². The largest absolute Gasteiger partial charge is 0.497 e. The number of carbonyl (C=O) groups excluding carboxylic acids is 1. The number of methoxy groups -OCH3 is 2. The summed E-state index contributed by atoms with van der Waals surface area (Å²) in [5.41, 5.74) is 1.12. The molecule has 4 nitrogen and oxygen atoms in total. The van der Waals surface area contributed by atoms with Gasteiger partial charge in [0.2, 0.25) is 0 Å². The van der Waals surface area contributed by atoms with Crippen molar-refractivity contribution in [3.8, 4) is 11.5 Å². The molecule has 4 heteroatoms. The van der Waals surface area contributed by atoms with Crippen molar-refractivity contribution >= 4 is 5.97 Å². The van der Waals surface area contributed by atoms with Crippen molar-refractivity contribution in [1.29, 1.82) is 0 Å². The molecule has 0 atom stereocenters. The van der Waals surface area contributed by atoms with Crippen LogP contribution in [0.1, 0.15) is 12.5 Å². The third kappa shape index (κ3) is 3.52. The molecule has 0 aliphatic rings. The highest BCUT2D eigenvalue weighted by molar-refractivity contribution is 5.86. The molecule has 0 radical (unpaired) electrons. The fourth-order valence-electron chi connectivity index (χ4n) is 1.26. The smallest absolute Gasteiger partial charge is 0.333 e. The first-order valence-corrected chi connectivity index (χ1v) is 5.12. The van der Waals surface area contributed by atoms with Gasteiger partial charge in [-0.1, -0.05) is 6.58 Å². The molecule has 0 saturated heterocycles. The van der Waals surface area contributed by atoms with Crippen molar-refractivity contribution in [2.24, 2.45) is 0 Å². The van der Waals surface area contributed by atoms with Gasteiger partial charge in [-0.25, -0.2) is 4.79 Å². The second-order valence-corrected chi connectivity index (χ2v) is 3.53. The fraction of sp³-hybridized carbons (Fsp3) is 0.308. The normalized spacial score (nSPS) is 9.59. The molecule has 0 N–H and O–H groups in total. The highest BCUT2D eigenvalue weighted by Crippen LogP contribution is 2.24. The molecule has 0 fully saturated rings. The standard InChI is InChI=1S/C13H16O4/c1-9(2)13(14)17-8-10-7-11(15-3)5-6-12(10)16-4/h5-7H,1,8H2,2-4H3. The highest BCUT2D eigenvalue weighted by atomic mass is 16.5. The van der Waals surface area contributed by atoms with Gasteiger partial charge < -0.3 is 14.2 Å². The van der Waals surface area contributed by atoms with E-state index in [1.165, 1.54) is 0 Å². The van der Waals surface area contributed by atoms with Crippen molar-refractivity contribution in [3.05, 3.63) is 35.9 Å². The molecule has 1 rings (SSSR count). The van der Waals surface area contributed by atoms with Gasteiger partial charge in [0.25, 0.3) is 0 Å². The summed E-state index contributed by atoms with van der Waals surface area (Å²) < 4.78 is 15.3. The van der Waals surface area contributed by atoms with E-state index in [4.69, 9.17) is 14.2 Å². The number of hydrogen-bond donors (Lipinski definition) is 0. The van der Waals surface area contributed by atoms with Crippen molar-refractivity contribution in [3.63, 3.8) is 0 Å². The number of ether oxygens (including phenoxy) is 3. The number of benzene rings is 1. The minimum atomic E-state index is -0.421. The topological polar surface area (TPSA) is 44.8 Å². The van der Waals surface area contributed by atoms with E-state index in [1.54, 1.807) is 39.3 Å². The van der Waals surface area contributed by atoms with E-state index in [1.807, 2.05) is 0 Å². The van der Waals surface area contributed by atoms with Crippen LogP contribution in [0.15, 0.2) is 30.4 Å². The zero-order valence-corrected chi connectivity index (χ0v) is 10.3. The van der Waals surface area contributed by atoms with E-state index in [0.29, 0.717) is 17.1 Å². The van der Waals surface area contributed by atoms with Crippen molar-refractivity contribution in [1.82, 2.24) is 0 Å². The summed E-state index contributed by atoms with van der Waals surface area (Å²) >= 11 is 0. The van der Waals surface area contributed by atoms with Gasteiger partial charge in [0.1, 0.15) is 18.1 Å². The lowest BCUT2D eigenvalue weighted by Gasteiger charge is -2.10. The maximum Gasteiger partial charge on any atom is 0.333 e. The van der Waals surface area contributed by atoms with Crippen LogP contribution >= 0.6 is 0 Å². The summed E-state index contributed by atoms with van der Waals surface area (Å²) in [5, 5.41) is 0. The molecular weight excluding hydrogens is 220 g/mol. The van der Waals surface area contributed by atoms with Crippen LogP contribution < -0.4 is 9.47 Å². The van der Waals surface area contributed by atoms with Gasteiger partial charge in [0.15, 0.2) is 0 Å². The summed E-state index contributed by atoms with van der Waals surface area (Å²) in [5.74, 6) is 0.919. The summed E-state index contributed by atoms with van der Waals surface area (Å²) in [7, 11) is 3.14. The van der Waals surface area contributed by atoms with Crippen LogP contribution in [0.5, 0.6) is 11.5 Å². The van der Waals surface area contributed by atoms with Crippen LogP contribution in [0.4, 0.5) is 0 Å². The molecule has 0 spiro atoms. The van der Waals surface area contributed by atoms with Gasteiger partial charge in [-0.3, -0.25) is 0 Å². The number of esters is 1. The lowest BCUT2D eigenvalue weighted by atomic mass is 10.2. The van der Waals surface area contributed by atoms with Gasteiger partial charge >= 0.3 is 5.97 Å². The molecule has 0 aliphatic heterocycles. The Kier molecular flexibility index (Phi) is 4.57. The highest BCUT2D eigenvalue weighted by Gasteiger charge is 2.09. The number of hydrogen-bond acceptors (Lipinski definition) is 4.